The van der Waals surface area contributed by atoms with E-state index in [0.717, 1.165) is 25.7 Å². The van der Waals surface area contributed by atoms with Crippen LogP contribution in [0.2, 0.25) is 0 Å². The minimum Gasteiger partial charge on any atom is -0.396 e. The van der Waals surface area contributed by atoms with Crippen molar-refractivity contribution in [3.8, 4) is 0 Å². The standard InChI is InChI=1S/C15H26N4O2/c1-15(2,3)19-9-8-13(18-19)17-14(21)16-12-7-5-4-6-11(12)10-20/h8-9,11-12,20H,4-7,10H2,1-3H3,(H2,16,17,18,21)/t11-,12-/m0/s1. The van der Waals surface area contributed by atoms with Crippen molar-refractivity contribution in [2.45, 2.75) is 58.0 Å². The monoisotopic (exact) mass is 294 g/mol. The van der Waals surface area contributed by atoms with Crippen LogP contribution < -0.4 is 10.6 Å². The molecule has 0 radical (unpaired) electrons. The molecule has 6 heteroatoms. The molecule has 21 heavy (non-hydrogen) atoms. The molecule has 1 heterocycles. The van der Waals surface area contributed by atoms with Gasteiger partial charge in [0.1, 0.15) is 0 Å². The van der Waals surface area contributed by atoms with Crippen molar-refractivity contribution >= 4 is 11.8 Å². The van der Waals surface area contributed by atoms with Gasteiger partial charge in [0.25, 0.3) is 0 Å². The number of nitrogens with zero attached hydrogens (tertiary/aromatic N) is 2. The number of amides is 2. The fraction of sp³-hybridized carbons (Fsp3) is 0.733. The molecule has 1 aromatic rings. The third-order valence-electron chi connectivity index (χ3n) is 3.98. The van der Waals surface area contributed by atoms with Crippen LogP contribution in [0.3, 0.4) is 0 Å². The van der Waals surface area contributed by atoms with Crippen molar-refractivity contribution in [3.05, 3.63) is 12.3 Å². The SMILES string of the molecule is CC(C)(C)n1ccc(NC(=O)N[C@H]2CCCC[C@H]2CO)n1. The molecule has 1 aliphatic rings. The Balaban J connectivity index is 1.91. The number of nitrogens with one attached hydrogen (secondary N) is 2. The van der Waals surface area contributed by atoms with E-state index in [9.17, 15) is 9.90 Å². The summed E-state index contributed by atoms with van der Waals surface area (Å²) >= 11 is 0. The van der Waals surface area contributed by atoms with Gasteiger partial charge in [-0.15, -0.1) is 0 Å². The van der Waals surface area contributed by atoms with Crippen LogP contribution in [0.4, 0.5) is 10.6 Å². The molecule has 2 rings (SSSR count). The van der Waals surface area contributed by atoms with Gasteiger partial charge in [0.2, 0.25) is 0 Å². The van der Waals surface area contributed by atoms with Gasteiger partial charge in [-0.25, -0.2) is 4.79 Å². The summed E-state index contributed by atoms with van der Waals surface area (Å²) < 4.78 is 1.82. The smallest absolute Gasteiger partial charge is 0.320 e. The van der Waals surface area contributed by atoms with Crippen molar-refractivity contribution < 1.29 is 9.90 Å². The summed E-state index contributed by atoms with van der Waals surface area (Å²) in [6.45, 7) is 6.29. The van der Waals surface area contributed by atoms with Gasteiger partial charge in [0.15, 0.2) is 5.82 Å². The lowest BCUT2D eigenvalue weighted by atomic mass is 9.85. The topological polar surface area (TPSA) is 79.2 Å². The van der Waals surface area contributed by atoms with E-state index in [1.165, 1.54) is 0 Å². The highest BCUT2D eigenvalue weighted by Crippen LogP contribution is 2.24. The van der Waals surface area contributed by atoms with Crippen molar-refractivity contribution in [3.63, 3.8) is 0 Å². The van der Waals surface area contributed by atoms with Gasteiger partial charge in [-0.05, 0) is 33.6 Å². The molecule has 1 aromatic heterocycles. The fourth-order valence-electron chi connectivity index (χ4n) is 2.70. The highest BCUT2D eigenvalue weighted by molar-refractivity contribution is 5.88. The third kappa shape index (κ3) is 4.20. The largest absolute Gasteiger partial charge is 0.396 e. The second-order valence-electron chi connectivity index (χ2n) is 6.75. The highest BCUT2D eigenvalue weighted by atomic mass is 16.3. The number of carbonyl (C=O) groups is 1. The highest BCUT2D eigenvalue weighted by Gasteiger charge is 2.26. The number of anilines is 1. The maximum absolute atomic E-state index is 12.0. The van der Waals surface area contributed by atoms with Crippen LogP contribution in [0.25, 0.3) is 0 Å². The number of aliphatic hydroxyl groups is 1. The predicted molar refractivity (Wildman–Crippen MR) is 82.2 cm³/mol. The average Bonchev–Trinajstić information content (AvgIpc) is 2.87. The number of carbonyl (C=O) groups excluding carboxylic acids is 1. The molecule has 0 aromatic carbocycles. The summed E-state index contributed by atoms with van der Waals surface area (Å²) in [5, 5.41) is 19.4. The zero-order valence-electron chi connectivity index (χ0n) is 13.1. The Morgan fingerprint density at radius 1 is 1.43 bits per heavy atom. The fourth-order valence-corrected chi connectivity index (χ4v) is 2.70. The third-order valence-corrected chi connectivity index (χ3v) is 3.98. The molecule has 2 atom stereocenters. The molecule has 0 aliphatic heterocycles. The van der Waals surface area contributed by atoms with E-state index in [1.54, 1.807) is 6.07 Å². The van der Waals surface area contributed by atoms with Gasteiger partial charge in [-0.2, -0.15) is 5.10 Å². The second kappa shape index (κ2) is 6.47. The lowest BCUT2D eigenvalue weighted by Crippen LogP contribution is -2.45. The van der Waals surface area contributed by atoms with Crippen LogP contribution in [-0.2, 0) is 5.54 Å². The van der Waals surface area contributed by atoms with Crippen LogP contribution in [0.15, 0.2) is 12.3 Å². The Morgan fingerprint density at radius 2 is 2.14 bits per heavy atom. The van der Waals surface area contributed by atoms with E-state index in [1.807, 2.05) is 10.9 Å². The van der Waals surface area contributed by atoms with Gasteiger partial charge in [-0.1, -0.05) is 12.8 Å². The van der Waals surface area contributed by atoms with Gasteiger partial charge in [0.05, 0.1) is 5.54 Å². The second-order valence-corrected chi connectivity index (χ2v) is 6.75. The molecule has 0 spiro atoms. The number of rotatable bonds is 3. The van der Waals surface area contributed by atoms with Gasteiger partial charge >= 0.3 is 6.03 Å². The van der Waals surface area contributed by atoms with Gasteiger partial charge < -0.3 is 10.4 Å². The molecule has 0 bridgehead atoms. The Labute approximate surface area is 125 Å². The van der Waals surface area contributed by atoms with Crippen LogP contribution in [0, 0.1) is 5.92 Å². The van der Waals surface area contributed by atoms with Gasteiger partial charge in [-0.3, -0.25) is 10.00 Å². The average molecular weight is 294 g/mol. The molecule has 1 saturated carbocycles. The van der Waals surface area contributed by atoms with E-state index in [-0.39, 0.29) is 30.1 Å². The van der Waals surface area contributed by atoms with Gasteiger partial charge in [0, 0.05) is 30.8 Å². The minimum atomic E-state index is -0.250. The number of aliphatic hydroxyl groups excluding tert-OH is 1. The Morgan fingerprint density at radius 3 is 2.76 bits per heavy atom. The summed E-state index contributed by atoms with van der Waals surface area (Å²) in [5.41, 5.74) is -0.109. The first-order valence-electron chi connectivity index (χ1n) is 7.64. The van der Waals surface area contributed by atoms with E-state index in [0.29, 0.717) is 5.82 Å². The van der Waals surface area contributed by atoms with Crippen LogP contribution in [-0.4, -0.2) is 33.6 Å². The molecule has 0 saturated heterocycles. The summed E-state index contributed by atoms with van der Waals surface area (Å²) in [6.07, 6.45) is 5.98. The molecule has 118 valence electrons. The predicted octanol–water partition coefficient (Wildman–Crippen LogP) is 2.31. The summed E-state index contributed by atoms with van der Waals surface area (Å²) in [4.78, 5) is 12.0. The Kier molecular flexibility index (Phi) is 4.88. The molecule has 0 unspecified atom stereocenters. The van der Waals surface area contributed by atoms with Crippen molar-refractivity contribution in [2.24, 2.45) is 5.92 Å². The van der Waals surface area contributed by atoms with Crippen molar-refractivity contribution in [1.82, 2.24) is 15.1 Å². The van der Waals surface area contributed by atoms with Crippen LogP contribution >= 0.6 is 0 Å². The van der Waals surface area contributed by atoms with Crippen molar-refractivity contribution in [1.29, 1.82) is 0 Å². The van der Waals surface area contributed by atoms with E-state index in [2.05, 4.69) is 36.5 Å². The molecule has 1 fully saturated rings. The lowest BCUT2D eigenvalue weighted by Gasteiger charge is -2.30. The number of hydrogen-bond donors (Lipinski definition) is 3. The summed E-state index contributed by atoms with van der Waals surface area (Å²) in [6, 6.07) is 1.59. The Hall–Kier alpha value is -1.56. The molecular formula is C15H26N4O2. The zero-order chi connectivity index (χ0) is 15.5. The number of urea groups is 1. The molecule has 2 amide bonds. The van der Waals surface area contributed by atoms with E-state index >= 15 is 0 Å². The summed E-state index contributed by atoms with van der Waals surface area (Å²) in [7, 11) is 0. The maximum atomic E-state index is 12.0. The minimum absolute atomic E-state index is 0.0495. The number of aromatic nitrogens is 2. The lowest BCUT2D eigenvalue weighted by molar-refractivity contribution is 0.156. The van der Waals surface area contributed by atoms with Crippen molar-refractivity contribution in [2.75, 3.05) is 11.9 Å². The first-order chi connectivity index (χ1) is 9.90. The zero-order valence-corrected chi connectivity index (χ0v) is 13.1. The van der Waals surface area contributed by atoms with E-state index < -0.39 is 0 Å². The normalized spacial score (nSPS) is 22.9. The molecular weight excluding hydrogens is 268 g/mol. The maximum Gasteiger partial charge on any atom is 0.320 e. The Bertz CT molecular complexity index is 478. The van der Waals surface area contributed by atoms with Crippen LogP contribution in [0.5, 0.6) is 0 Å². The first-order valence-corrected chi connectivity index (χ1v) is 7.64. The molecule has 6 nitrogen and oxygen atoms in total. The quantitative estimate of drug-likeness (QED) is 0.800. The summed E-state index contributed by atoms with van der Waals surface area (Å²) in [5.74, 6) is 0.704. The molecule has 3 N–H and O–H groups in total. The first kappa shape index (κ1) is 15.8. The van der Waals surface area contributed by atoms with Crippen LogP contribution in [0.1, 0.15) is 46.5 Å². The molecule has 1 aliphatic carbocycles. The van der Waals surface area contributed by atoms with E-state index in [4.69, 9.17) is 0 Å². The number of hydrogen-bond acceptors (Lipinski definition) is 3.